The van der Waals surface area contributed by atoms with Crippen molar-refractivity contribution in [2.24, 2.45) is 0 Å². The van der Waals surface area contributed by atoms with E-state index in [1.54, 1.807) is 24.4 Å². The number of nitrogens with one attached hydrogen (secondary N) is 1. The van der Waals surface area contributed by atoms with Crippen LogP contribution in [0.5, 0.6) is 0 Å². The summed E-state index contributed by atoms with van der Waals surface area (Å²) in [5.41, 5.74) is 1.87. The van der Waals surface area contributed by atoms with Crippen LogP contribution in [0.1, 0.15) is 21.6 Å². The van der Waals surface area contributed by atoms with Crippen LogP contribution in [0.15, 0.2) is 66.9 Å². The van der Waals surface area contributed by atoms with Crippen LogP contribution in [-0.2, 0) is 6.54 Å². The van der Waals surface area contributed by atoms with E-state index in [1.807, 2.05) is 36.4 Å². The summed E-state index contributed by atoms with van der Waals surface area (Å²) in [6.45, 7) is 0.346. The zero-order chi connectivity index (χ0) is 16.9. The van der Waals surface area contributed by atoms with E-state index in [0.29, 0.717) is 12.2 Å². The van der Waals surface area contributed by atoms with E-state index >= 15 is 0 Å². The van der Waals surface area contributed by atoms with Crippen molar-refractivity contribution in [1.82, 2.24) is 9.88 Å². The molecule has 2 aromatic carbocycles. The van der Waals surface area contributed by atoms with Crippen LogP contribution >= 0.6 is 0 Å². The normalized spacial score (nSPS) is 10.2. The molecule has 1 N–H and O–H groups in total. The number of hydrogen-bond donors (Lipinski definition) is 1. The number of carbonyl (C=O) groups is 1. The van der Waals surface area contributed by atoms with Gasteiger partial charge in [-0.15, -0.1) is 0 Å². The number of carbonyl (C=O) groups excluding carboxylic acids is 1. The van der Waals surface area contributed by atoms with E-state index in [0.717, 1.165) is 5.56 Å². The topological polar surface area (TPSA) is 57.8 Å². The Balaban J connectivity index is 1.90. The third-order valence-corrected chi connectivity index (χ3v) is 3.60. The Morgan fingerprint density at radius 3 is 2.62 bits per heavy atom. The molecule has 0 saturated carbocycles. The number of hydrogen-bond acceptors (Lipinski definition) is 2. The minimum absolute atomic E-state index is 0.194. The van der Waals surface area contributed by atoms with Gasteiger partial charge in [0.1, 0.15) is 17.6 Å². The first-order chi connectivity index (χ1) is 11.7. The molecule has 0 radical (unpaired) electrons. The molecule has 0 fully saturated rings. The van der Waals surface area contributed by atoms with Crippen molar-refractivity contribution in [1.29, 1.82) is 5.26 Å². The quantitative estimate of drug-likeness (QED) is 0.801. The van der Waals surface area contributed by atoms with Crippen LogP contribution < -0.4 is 5.32 Å². The van der Waals surface area contributed by atoms with Gasteiger partial charge in [-0.05, 0) is 29.8 Å². The van der Waals surface area contributed by atoms with Crippen LogP contribution in [-0.4, -0.2) is 10.5 Å². The molecule has 3 aromatic rings. The maximum Gasteiger partial charge on any atom is 0.269 e. The summed E-state index contributed by atoms with van der Waals surface area (Å²) in [5, 5.41) is 12.0. The number of amides is 1. The highest BCUT2D eigenvalue weighted by Gasteiger charge is 2.18. The van der Waals surface area contributed by atoms with Crippen molar-refractivity contribution in [3.05, 3.63) is 89.5 Å². The molecule has 0 spiro atoms. The molecule has 118 valence electrons. The average molecular weight is 319 g/mol. The van der Waals surface area contributed by atoms with E-state index in [4.69, 9.17) is 0 Å². The van der Waals surface area contributed by atoms with Gasteiger partial charge < -0.3 is 9.88 Å². The van der Waals surface area contributed by atoms with Crippen LogP contribution in [0.25, 0.3) is 5.69 Å². The minimum Gasteiger partial charge on any atom is -0.347 e. The van der Waals surface area contributed by atoms with Crippen LogP contribution in [0.4, 0.5) is 4.39 Å². The van der Waals surface area contributed by atoms with Crippen LogP contribution in [0.3, 0.4) is 0 Å². The van der Waals surface area contributed by atoms with E-state index in [1.165, 1.54) is 16.7 Å². The third-order valence-electron chi connectivity index (χ3n) is 3.60. The molecule has 24 heavy (non-hydrogen) atoms. The molecule has 0 atom stereocenters. The maximum atomic E-state index is 13.5. The van der Waals surface area contributed by atoms with Gasteiger partial charge in [0, 0.05) is 18.4 Å². The average Bonchev–Trinajstić information content (AvgIpc) is 3.05. The Kier molecular flexibility index (Phi) is 4.39. The second kappa shape index (κ2) is 6.80. The molecule has 0 aliphatic carbocycles. The number of halogens is 1. The summed E-state index contributed by atoms with van der Waals surface area (Å²) in [6, 6.07) is 18.9. The van der Waals surface area contributed by atoms with Crippen molar-refractivity contribution in [3.8, 4) is 11.8 Å². The van der Waals surface area contributed by atoms with Gasteiger partial charge in [0.25, 0.3) is 5.91 Å². The SMILES string of the molecule is N#Cc1ccn(-c2cccc(F)c2)c1C(=O)NCc1ccccc1. The van der Waals surface area contributed by atoms with Crippen molar-refractivity contribution < 1.29 is 9.18 Å². The lowest BCUT2D eigenvalue weighted by Crippen LogP contribution is -2.26. The zero-order valence-electron chi connectivity index (χ0n) is 12.7. The van der Waals surface area contributed by atoms with E-state index in [-0.39, 0.29) is 17.2 Å². The summed E-state index contributed by atoms with van der Waals surface area (Å²) < 4.78 is 15.0. The standard InChI is InChI=1S/C19H14FN3O/c20-16-7-4-8-17(11-16)23-10-9-15(12-21)18(23)19(24)22-13-14-5-2-1-3-6-14/h1-11H,13H2,(H,22,24). The Morgan fingerprint density at radius 1 is 1.12 bits per heavy atom. The number of nitrogens with zero attached hydrogens (tertiary/aromatic N) is 2. The summed E-state index contributed by atoms with van der Waals surface area (Å²) in [6.07, 6.45) is 1.59. The third kappa shape index (κ3) is 3.18. The summed E-state index contributed by atoms with van der Waals surface area (Å²) in [5.74, 6) is -0.792. The van der Waals surface area contributed by atoms with Gasteiger partial charge in [-0.3, -0.25) is 4.79 Å². The second-order valence-electron chi connectivity index (χ2n) is 5.21. The molecular formula is C19H14FN3O. The number of benzene rings is 2. The van der Waals surface area contributed by atoms with Gasteiger partial charge in [-0.1, -0.05) is 36.4 Å². The van der Waals surface area contributed by atoms with E-state index in [9.17, 15) is 14.4 Å². The van der Waals surface area contributed by atoms with E-state index in [2.05, 4.69) is 5.32 Å². The molecule has 1 heterocycles. The lowest BCUT2D eigenvalue weighted by atomic mass is 10.2. The molecule has 1 amide bonds. The molecule has 4 nitrogen and oxygen atoms in total. The first kappa shape index (κ1) is 15.5. The summed E-state index contributed by atoms with van der Waals surface area (Å²) >= 11 is 0. The molecule has 0 bridgehead atoms. The second-order valence-corrected chi connectivity index (χ2v) is 5.21. The van der Waals surface area contributed by atoms with Crippen molar-refractivity contribution >= 4 is 5.91 Å². The number of aromatic nitrogens is 1. The smallest absolute Gasteiger partial charge is 0.269 e. The van der Waals surface area contributed by atoms with Crippen molar-refractivity contribution in [3.63, 3.8) is 0 Å². The summed E-state index contributed by atoms with van der Waals surface area (Å²) in [7, 11) is 0. The van der Waals surface area contributed by atoms with Gasteiger partial charge in [0.05, 0.1) is 5.56 Å². The predicted octanol–water partition coefficient (Wildman–Crippen LogP) is 3.42. The highest BCUT2D eigenvalue weighted by Crippen LogP contribution is 2.18. The van der Waals surface area contributed by atoms with Crippen molar-refractivity contribution in [2.75, 3.05) is 0 Å². The fourth-order valence-electron chi connectivity index (χ4n) is 2.46. The Hall–Kier alpha value is -3.39. The molecule has 0 aliphatic heterocycles. The lowest BCUT2D eigenvalue weighted by Gasteiger charge is -2.11. The van der Waals surface area contributed by atoms with Crippen LogP contribution in [0.2, 0.25) is 0 Å². The Morgan fingerprint density at radius 2 is 1.92 bits per heavy atom. The lowest BCUT2D eigenvalue weighted by molar-refractivity contribution is 0.0944. The van der Waals surface area contributed by atoms with Crippen molar-refractivity contribution in [2.45, 2.75) is 6.54 Å². The number of nitriles is 1. The first-order valence-electron chi connectivity index (χ1n) is 7.38. The van der Waals surface area contributed by atoms with Crippen LogP contribution in [0, 0.1) is 17.1 Å². The highest BCUT2D eigenvalue weighted by atomic mass is 19.1. The van der Waals surface area contributed by atoms with Gasteiger partial charge in [-0.25, -0.2) is 4.39 Å². The maximum absolute atomic E-state index is 13.5. The highest BCUT2D eigenvalue weighted by molar-refractivity contribution is 5.95. The molecule has 3 rings (SSSR count). The Labute approximate surface area is 138 Å². The van der Waals surface area contributed by atoms with Gasteiger partial charge in [0.2, 0.25) is 0 Å². The largest absolute Gasteiger partial charge is 0.347 e. The number of rotatable bonds is 4. The zero-order valence-corrected chi connectivity index (χ0v) is 12.7. The molecule has 1 aromatic heterocycles. The van der Waals surface area contributed by atoms with Gasteiger partial charge in [-0.2, -0.15) is 5.26 Å². The molecule has 5 heteroatoms. The van der Waals surface area contributed by atoms with Gasteiger partial charge >= 0.3 is 0 Å². The fraction of sp³-hybridized carbons (Fsp3) is 0.0526. The Bertz CT molecular complexity index is 910. The monoisotopic (exact) mass is 319 g/mol. The molecule has 0 saturated heterocycles. The molecular weight excluding hydrogens is 305 g/mol. The van der Waals surface area contributed by atoms with E-state index < -0.39 is 5.82 Å². The van der Waals surface area contributed by atoms with Gasteiger partial charge in [0.15, 0.2) is 0 Å². The molecule has 0 aliphatic rings. The predicted molar refractivity (Wildman–Crippen MR) is 88.1 cm³/mol. The summed E-state index contributed by atoms with van der Waals surface area (Å²) in [4.78, 5) is 12.6. The molecule has 0 unspecified atom stereocenters. The fourth-order valence-corrected chi connectivity index (χ4v) is 2.46. The first-order valence-corrected chi connectivity index (χ1v) is 7.38. The minimum atomic E-state index is -0.407.